The van der Waals surface area contributed by atoms with Crippen molar-refractivity contribution in [3.05, 3.63) is 17.5 Å². The molecule has 2 aliphatic heterocycles. The van der Waals surface area contributed by atoms with E-state index in [4.69, 9.17) is 4.99 Å². The van der Waals surface area contributed by atoms with Gasteiger partial charge in [0, 0.05) is 64.9 Å². The van der Waals surface area contributed by atoms with Gasteiger partial charge in [0.15, 0.2) is 5.96 Å². The third kappa shape index (κ3) is 5.59. The van der Waals surface area contributed by atoms with Crippen LogP contribution in [0.4, 0.5) is 5.00 Å². The molecular formula is C20H36N6S. The summed E-state index contributed by atoms with van der Waals surface area (Å²) >= 11 is 1.83. The van der Waals surface area contributed by atoms with E-state index in [-0.39, 0.29) is 0 Å². The molecule has 1 aromatic heterocycles. The number of anilines is 1. The summed E-state index contributed by atoms with van der Waals surface area (Å²) in [6.45, 7) is 18.6. The SMILES string of the molecule is CCNC(=NCC(C)N1CCN(CC)CC1)N1CCN(c2cccs2)CC1. The maximum atomic E-state index is 5.00. The van der Waals surface area contributed by atoms with Gasteiger partial charge in [0.05, 0.1) is 11.5 Å². The molecule has 2 saturated heterocycles. The maximum absolute atomic E-state index is 5.00. The molecule has 0 radical (unpaired) electrons. The standard InChI is InChI=1S/C20H36N6S/c1-4-21-20(22-17-18(3)24-10-8-23(5-2)9-11-24)26-14-12-25(13-15-26)19-7-6-16-27-19/h6-7,16,18H,4-5,8-15,17H2,1-3H3,(H,21,22). The molecule has 0 aliphatic carbocycles. The summed E-state index contributed by atoms with van der Waals surface area (Å²) in [6, 6.07) is 4.87. The van der Waals surface area contributed by atoms with Gasteiger partial charge in [-0.05, 0) is 37.9 Å². The van der Waals surface area contributed by atoms with Crippen LogP contribution >= 0.6 is 11.3 Å². The highest BCUT2D eigenvalue weighted by molar-refractivity contribution is 7.14. The Morgan fingerprint density at radius 3 is 2.44 bits per heavy atom. The highest BCUT2D eigenvalue weighted by Gasteiger charge is 2.22. The Labute approximate surface area is 168 Å². The van der Waals surface area contributed by atoms with Crippen LogP contribution in [0.25, 0.3) is 0 Å². The Morgan fingerprint density at radius 1 is 1.11 bits per heavy atom. The van der Waals surface area contributed by atoms with Gasteiger partial charge in [-0.1, -0.05) is 6.92 Å². The molecule has 1 N–H and O–H groups in total. The normalized spacial score (nSPS) is 21.5. The van der Waals surface area contributed by atoms with Crippen molar-refractivity contribution in [2.75, 3.05) is 76.9 Å². The van der Waals surface area contributed by atoms with Gasteiger partial charge in [-0.15, -0.1) is 11.3 Å². The molecule has 7 heteroatoms. The minimum absolute atomic E-state index is 0.505. The van der Waals surface area contributed by atoms with E-state index in [1.54, 1.807) is 0 Å². The molecule has 0 amide bonds. The Bertz CT molecular complexity index is 559. The van der Waals surface area contributed by atoms with Crippen molar-refractivity contribution in [1.29, 1.82) is 0 Å². The second kappa shape index (κ2) is 10.3. The fourth-order valence-electron chi connectivity index (χ4n) is 3.87. The lowest BCUT2D eigenvalue weighted by atomic mass is 10.2. The molecule has 1 unspecified atom stereocenters. The van der Waals surface area contributed by atoms with Crippen LogP contribution < -0.4 is 10.2 Å². The Kier molecular flexibility index (Phi) is 7.79. The van der Waals surface area contributed by atoms with Crippen LogP contribution in [-0.2, 0) is 0 Å². The Hall–Kier alpha value is -1.31. The van der Waals surface area contributed by atoms with Crippen molar-refractivity contribution in [2.24, 2.45) is 4.99 Å². The van der Waals surface area contributed by atoms with Gasteiger partial charge in [-0.25, -0.2) is 0 Å². The Morgan fingerprint density at radius 2 is 1.85 bits per heavy atom. The number of hydrogen-bond acceptors (Lipinski definition) is 5. The number of likely N-dealkylation sites (N-methyl/N-ethyl adjacent to an activating group) is 1. The molecule has 2 fully saturated rings. The van der Waals surface area contributed by atoms with E-state index in [0.717, 1.165) is 45.2 Å². The lowest BCUT2D eigenvalue weighted by molar-refractivity contribution is 0.109. The maximum Gasteiger partial charge on any atom is 0.194 e. The average molecular weight is 393 g/mol. The van der Waals surface area contributed by atoms with Crippen molar-refractivity contribution in [3.8, 4) is 0 Å². The predicted octanol–water partition coefficient (Wildman–Crippen LogP) is 1.86. The lowest BCUT2D eigenvalue weighted by Crippen LogP contribution is -2.53. The van der Waals surface area contributed by atoms with E-state index >= 15 is 0 Å². The first-order valence-corrected chi connectivity index (χ1v) is 11.4. The number of guanidine groups is 1. The molecule has 0 bridgehead atoms. The number of hydrogen-bond donors (Lipinski definition) is 1. The van der Waals surface area contributed by atoms with Crippen LogP contribution in [0, 0.1) is 0 Å². The van der Waals surface area contributed by atoms with E-state index in [9.17, 15) is 0 Å². The van der Waals surface area contributed by atoms with Crippen LogP contribution in [0.2, 0.25) is 0 Å². The molecule has 3 heterocycles. The van der Waals surface area contributed by atoms with Crippen LogP contribution in [0.5, 0.6) is 0 Å². The van der Waals surface area contributed by atoms with Gasteiger partial charge in [-0.3, -0.25) is 9.89 Å². The fourth-order valence-corrected chi connectivity index (χ4v) is 4.65. The van der Waals surface area contributed by atoms with Gasteiger partial charge in [0.1, 0.15) is 0 Å². The van der Waals surface area contributed by atoms with E-state index in [1.165, 1.54) is 37.7 Å². The van der Waals surface area contributed by atoms with E-state index in [0.29, 0.717) is 6.04 Å². The third-order valence-electron chi connectivity index (χ3n) is 5.71. The topological polar surface area (TPSA) is 37.4 Å². The number of aliphatic imine (C=N–C) groups is 1. The summed E-state index contributed by atoms with van der Waals surface area (Å²) in [4.78, 5) is 15.0. The number of thiophene rings is 1. The third-order valence-corrected chi connectivity index (χ3v) is 6.64. The number of rotatable bonds is 6. The van der Waals surface area contributed by atoms with Crippen LogP contribution in [-0.4, -0.2) is 98.7 Å². The summed E-state index contributed by atoms with van der Waals surface area (Å²) in [5.74, 6) is 1.09. The second-order valence-corrected chi connectivity index (χ2v) is 8.37. The second-order valence-electron chi connectivity index (χ2n) is 7.44. The van der Waals surface area contributed by atoms with Crippen molar-refractivity contribution in [1.82, 2.24) is 20.0 Å². The first-order valence-electron chi connectivity index (χ1n) is 10.5. The lowest BCUT2D eigenvalue weighted by Gasteiger charge is -2.38. The van der Waals surface area contributed by atoms with E-state index in [1.807, 2.05) is 11.3 Å². The van der Waals surface area contributed by atoms with Gasteiger partial charge in [0.25, 0.3) is 0 Å². The number of nitrogens with one attached hydrogen (secondary N) is 1. The van der Waals surface area contributed by atoms with Gasteiger partial charge in [-0.2, -0.15) is 0 Å². The van der Waals surface area contributed by atoms with Crippen molar-refractivity contribution >= 4 is 22.3 Å². The van der Waals surface area contributed by atoms with Crippen molar-refractivity contribution in [3.63, 3.8) is 0 Å². The monoisotopic (exact) mass is 392 g/mol. The summed E-state index contributed by atoms with van der Waals surface area (Å²) in [7, 11) is 0. The van der Waals surface area contributed by atoms with Gasteiger partial charge in [0.2, 0.25) is 0 Å². The average Bonchev–Trinajstić information content (AvgIpc) is 3.26. The molecule has 0 spiro atoms. The molecule has 1 aromatic rings. The Balaban J connectivity index is 1.51. The minimum Gasteiger partial charge on any atom is -0.360 e. The molecular weight excluding hydrogens is 356 g/mol. The highest BCUT2D eigenvalue weighted by Crippen LogP contribution is 2.22. The molecule has 152 valence electrons. The highest BCUT2D eigenvalue weighted by atomic mass is 32.1. The molecule has 2 aliphatic rings. The van der Waals surface area contributed by atoms with E-state index in [2.05, 4.69) is 63.2 Å². The number of piperazine rings is 2. The predicted molar refractivity (Wildman–Crippen MR) is 117 cm³/mol. The van der Waals surface area contributed by atoms with E-state index < -0.39 is 0 Å². The molecule has 27 heavy (non-hydrogen) atoms. The summed E-state index contributed by atoms with van der Waals surface area (Å²) in [5, 5.41) is 7.06. The zero-order chi connectivity index (χ0) is 19.1. The fraction of sp³-hybridized carbons (Fsp3) is 0.750. The molecule has 1 atom stereocenters. The largest absolute Gasteiger partial charge is 0.360 e. The van der Waals surface area contributed by atoms with Crippen molar-refractivity contribution < 1.29 is 0 Å². The van der Waals surface area contributed by atoms with Crippen LogP contribution in [0.1, 0.15) is 20.8 Å². The van der Waals surface area contributed by atoms with Crippen molar-refractivity contribution in [2.45, 2.75) is 26.8 Å². The smallest absolute Gasteiger partial charge is 0.194 e. The molecule has 0 aromatic carbocycles. The quantitative estimate of drug-likeness (QED) is 0.591. The zero-order valence-corrected chi connectivity index (χ0v) is 18.0. The number of nitrogens with zero attached hydrogens (tertiary/aromatic N) is 5. The minimum atomic E-state index is 0.505. The summed E-state index contributed by atoms with van der Waals surface area (Å²) < 4.78 is 0. The summed E-state index contributed by atoms with van der Waals surface area (Å²) in [6.07, 6.45) is 0. The first-order chi connectivity index (χ1) is 13.2. The van der Waals surface area contributed by atoms with Gasteiger partial charge < -0.3 is 20.0 Å². The van der Waals surface area contributed by atoms with Gasteiger partial charge >= 0.3 is 0 Å². The summed E-state index contributed by atoms with van der Waals surface area (Å²) in [5.41, 5.74) is 0. The van der Waals surface area contributed by atoms with Crippen LogP contribution in [0.15, 0.2) is 22.5 Å². The van der Waals surface area contributed by atoms with Crippen LogP contribution in [0.3, 0.4) is 0 Å². The molecule has 6 nitrogen and oxygen atoms in total. The molecule has 3 rings (SSSR count). The zero-order valence-electron chi connectivity index (χ0n) is 17.2. The molecule has 0 saturated carbocycles. The first kappa shape index (κ1) is 20.4.